The molecule has 35 heavy (non-hydrogen) atoms. The number of sulfonamides is 1. The van der Waals surface area contributed by atoms with E-state index >= 15 is 0 Å². The lowest BCUT2D eigenvalue weighted by molar-refractivity contribution is -0.140. The first-order valence-electron chi connectivity index (χ1n) is 12.3. The molecule has 7 nitrogen and oxygen atoms in total. The lowest BCUT2D eigenvalue weighted by atomic mass is 10.1. The Kier molecular flexibility index (Phi) is 8.94. The Labute approximate surface area is 209 Å². The van der Waals surface area contributed by atoms with Gasteiger partial charge in [-0.05, 0) is 50.8 Å². The molecule has 1 aliphatic rings. The minimum absolute atomic E-state index is 0.132. The Balaban J connectivity index is 1.91. The van der Waals surface area contributed by atoms with E-state index in [0.29, 0.717) is 12.1 Å². The molecule has 1 atom stereocenters. The van der Waals surface area contributed by atoms with E-state index in [1.54, 1.807) is 12.1 Å². The molecule has 0 saturated heterocycles. The standard InChI is InChI=1S/C27H37N3O4S/c1-5-25(27(32)28-23-11-6-7-12-23)29(18-22-10-8-9-21(3)17-22)26(31)19-30(35(4,33)34)24-15-13-20(2)14-16-24/h8-10,13-17,23,25H,5-7,11-12,18-19H2,1-4H3,(H,28,32). The highest BCUT2D eigenvalue weighted by molar-refractivity contribution is 7.92. The van der Waals surface area contributed by atoms with Gasteiger partial charge in [-0.25, -0.2) is 8.42 Å². The molecule has 1 aliphatic carbocycles. The van der Waals surface area contributed by atoms with E-state index in [0.717, 1.165) is 52.9 Å². The monoisotopic (exact) mass is 499 g/mol. The van der Waals surface area contributed by atoms with Crippen LogP contribution in [0.3, 0.4) is 0 Å². The lowest BCUT2D eigenvalue weighted by Crippen LogP contribution is -2.53. The van der Waals surface area contributed by atoms with Gasteiger partial charge in [-0.1, -0.05) is 67.3 Å². The van der Waals surface area contributed by atoms with Gasteiger partial charge in [0.15, 0.2) is 0 Å². The molecule has 190 valence electrons. The molecule has 1 unspecified atom stereocenters. The molecule has 2 amide bonds. The van der Waals surface area contributed by atoms with E-state index in [4.69, 9.17) is 0 Å². The average Bonchev–Trinajstić information content (AvgIpc) is 3.30. The number of aryl methyl sites for hydroxylation is 2. The van der Waals surface area contributed by atoms with Gasteiger partial charge in [0.1, 0.15) is 12.6 Å². The van der Waals surface area contributed by atoms with Crippen molar-refractivity contribution in [2.75, 3.05) is 17.1 Å². The second-order valence-electron chi connectivity index (χ2n) is 9.53. The minimum atomic E-state index is -3.73. The number of anilines is 1. The first-order chi connectivity index (χ1) is 16.6. The summed E-state index contributed by atoms with van der Waals surface area (Å²) in [6.07, 6.45) is 5.60. The summed E-state index contributed by atoms with van der Waals surface area (Å²) in [5.74, 6) is -0.590. The Morgan fingerprint density at radius 2 is 1.69 bits per heavy atom. The summed E-state index contributed by atoms with van der Waals surface area (Å²) >= 11 is 0. The van der Waals surface area contributed by atoms with Crippen LogP contribution >= 0.6 is 0 Å². The van der Waals surface area contributed by atoms with Crippen molar-refractivity contribution >= 4 is 27.5 Å². The van der Waals surface area contributed by atoms with Gasteiger partial charge in [-0.3, -0.25) is 13.9 Å². The van der Waals surface area contributed by atoms with Crippen LogP contribution in [0.5, 0.6) is 0 Å². The molecule has 3 rings (SSSR count). The smallest absolute Gasteiger partial charge is 0.244 e. The molecular formula is C27H37N3O4S. The molecule has 8 heteroatoms. The van der Waals surface area contributed by atoms with E-state index in [9.17, 15) is 18.0 Å². The summed E-state index contributed by atoms with van der Waals surface area (Å²) in [5.41, 5.74) is 3.36. The molecule has 1 saturated carbocycles. The maximum absolute atomic E-state index is 13.7. The lowest BCUT2D eigenvalue weighted by Gasteiger charge is -2.33. The summed E-state index contributed by atoms with van der Waals surface area (Å²) < 4.78 is 26.4. The molecule has 0 aliphatic heterocycles. The Morgan fingerprint density at radius 1 is 1.03 bits per heavy atom. The maximum atomic E-state index is 13.7. The third-order valence-corrected chi connectivity index (χ3v) is 7.66. The van der Waals surface area contributed by atoms with Crippen molar-refractivity contribution in [3.8, 4) is 0 Å². The fraction of sp³-hybridized carbons (Fsp3) is 0.481. The van der Waals surface area contributed by atoms with Crippen molar-refractivity contribution < 1.29 is 18.0 Å². The van der Waals surface area contributed by atoms with Gasteiger partial charge in [-0.15, -0.1) is 0 Å². The number of hydrogen-bond acceptors (Lipinski definition) is 4. The number of carbonyl (C=O) groups is 2. The number of benzene rings is 2. The van der Waals surface area contributed by atoms with Crippen LogP contribution in [0.2, 0.25) is 0 Å². The van der Waals surface area contributed by atoms with E-state index in [-0.39, 0.29) is 25.0 Å². The van der Waals surface area contributed by atoms with Gasteiger partial charge in [0.05, 0.1) is 11.9 Å². The van der Waals surface area contributed by atoms with Crippen LogP contribution in [0.15, 0.2) is 48.5 Å². The molecule has 0 aromatic heterocycles. The van der Waals surface area contributed by atoms with Crippen molar-refractivity contribution in [2.45, 2.75) is 71.5 Å². The van der Waals surface area contributed by atoms with Crippen LogP contribution in [-0.4, -0.2) is 50.0 Å². The zero-order chi connectivity index (χ0) is 25.6. The van der Waals surface area contributed by atoms with E-state index in [2.05, 4.69) is 5.32 Å². The van der Waals surface area contributed by atoms with Crippen molar-refractivity contribution in [1.82, 2.24) is 10.2 Å². The number of carbonyl (C=O) groups excluding carboxylic acids is 2. The topological polar surface area (TPSA) is 86.8 Å². The summed E-state index contributed by atoms with van der Waals surface area (Å²) in [6, 6.07) is 14.2. The highest BCUT2D eigenvalue weighted by Crippen LogP contribution is 2.22. The van der Waals surface area contributed by atoms with Crippen LogP contribution in [0, 0.1) is 13.8 Å². The maximum Gasteiger partial charge on any atom is 0.244 e. The Hall–Kier alpha value is -2.87. The largest absolute Gasteiger partial charge is 0.352 e. The van der Waals surface area contributed by atoms with Crippen LogP contribution < -0.4 is 9.62 Å². The number of nitrogens with zero attached hydrogens (tertiary/aromatic N) is 2. The van der Waals surface area contributed by atoms with Crippen molar-refractivity contribution in [3.63, 3.8) is 0 Å². The van der Waals surface area contributed by atoms with E-state index in [1.807, 2.05) is 57.2 Å². The third-order valence-electron chi connectivity index (χ3n) is 6.52. The van der Waals surface area contributed by atoms with E-state index in [1.165, 1.54) is 4.90 Å². The molecule has 0 heterocycles. The second-order valence-corrected chi connectivity index (χ2v) is 11.4. The Morgan fingerprint density at radius 3 is 2.26 bits per heavy atom. The quantitative estimate of drug-likeness (QED) is 0.537. The predicted octanol–water partition coefficient (Wildman–Crippen LogP) is 3.94. The fourth-order valence-corrected chi connectivity index (χ4v) is 5.47. The summed E-state index contributed by atoms with van der Waals surface area (Å²) in [5, 5.41) is 3.12. The zero-order valence-corrected chi connectivity index (χ0v) is 22.0. The third kappa shape index (κ3) is 7.31. The van der Waals surface area contributed by atoms with Gasteiger partial charge >= 0.3 is 0 Å². The van der Waals surface area contributed by atoms with Gasteiger partial charge < -0.3 is 10.2 Å². The zero-order valence-electron chi connectivity index (χ0n) is 21.2. The number of amides is 2. The summed E-state index contributed by atoms with van der Waals surface area (Å²) in [4.78, 5) is 28.5. The number of nitrogens with one attached hydrogen (secondary N) is 1. The van der Waals surface area contributed by atoms with Crippen molar-refractivity contribution in [3.05, 3.63) is 65.2 Å². The fourth-order valence-electron chi connectivity index (χ4n) is 4.62. The SMILES string of the molecule is CCC(C(=O)NC1CCCC1)N(Cc1cccc(C)c1)C(=O)CN(c1ccc(C)cc1)S(C)(=O)=O. The minimum Gasteiger partial charge on any atom is -0.352 e. The van der Waals surface area contributed by atoms with Crippen molar-refractivity contribution in [1.29, 1.82) is 0 Å². The van der Waals surface area contributed by atoms with Crippen LogP contribution in [0.1, 0.15) is 55.7 Å². The Bertz CT molecular complexity index is 1130. The van der Waals surface area contributed by atoms with Gasteiger partial charge in [-0.2, -0.15) is 0 Å². The van der Waals surface area contributed by atoms with Crippen LogP contribution in [0.25, 0.3) is 0 Å². The first kappa shape index (κ1) is 26.7. The molecule has 0 bridgehead atoms. The molecule has 2 aromatic carbocycles. The summed E-state index contributed by atoms with van der Waals surface area (Å²) in [6.45, 7) is 5.62. The highest BCUT2D eigenvalue weighted by atomic mass is 32.2. The second kappa shape index (κ2) is 11.7. The predicted molar refractivity (Wildman–Crippen MR) is 140 cm³/mol. The molecule has 1 N–H and O–H groups in total. The highest BCUT2D eigenvalue weighted by Gasteiger charge is 2.33. The summed E-state index contributed by atoms with van der Waals surface area (Å²) in [7, 11) is -3.73. The molecule has 0 radical (unpaired) electrons. The van der Waals surface area contributed by atoms with Crippen LogP contribution in [0.4, 0.5) is 5.69 Å². The molecule has 1 fully saturated rings. The molecule has 2 aromatic rings. The van der Waals surface area contributed by atoms with E-state index < -0.39 is 22.0 Å². The first-order valence-corrected chi connectivity index (χ1v) is 14.1. The molecule has 0 spiro atoms. The van der Waals surface area contributed by atoms with Gasteiger partial charge in [0, 0.05) is 12.6 Å². The normalized spacial score (nSPS) is 15.0. The van der Waals surface area contributed by atoms with Crippen LogP contribution in [-0.2, 0) is 26.2 Å². The van der Waals surface area contributed by atoms with Gasteiger partial charge in [0.2, 0.25) is 21.8 Å². The molecular weight excluding hydrogens is 462 g/mol. The number of rotatable bonds is 10. The number of hydrogen-bond donors (Lipinski definition) is 1. The average molecular weight is 500 g/mol. The van der Waals surface area contributed by atoms with Gasteiger partial charge in [0.25, 0.3) is 0 Å². The van der Waals surface area contributed by atoms with Crippen molar-refractivity contribution in [2.24, 2.45) is 0 Å².